The van der Waals surface area contributed by atoms with E-state index in [0.717, 1.165) is 27.8 Å². The fourth-order valence-corrected chi connectivity index (χ4v) is 5.85. The van der Waals surface area contributed by atoms with Crippen LogP contribution in [-0.2, 0) is 56.2 Å². The van der Waals surface area contributed by atoms with Crippen molar-refractivity contribution >= 4 is 29.4 Å². The third-order valence-electron chi connectivity index (χ3n) is 8.52. The van der Waals surface area contributed by atoms with Gasteiger partial charge in [-0.3, -0.25) is 24.0 Å². The highest BCUT2D eigenvalue weighted by Gasteiger charge is 2.33. The van der Waals surface area contributed by atoms with Crippen LogP contribution in [0.15, 0.2) is 115 Å². The van der Waals surface area contributed by atoms with Crippen LogP contribution in [0, 0.1) is 5.92 Å². The van der Waals surface area contributed by atoms with Gasteiger partial charge in [-0.1, -0.05) is 115 Å². The Balaban J connectivity index is 1.28. The van der Waals surface area contributed by atoms with Gasteiger partial charge in [0.15, 0.2) is 0 Å². The second kappa shape index (κ2) is 16.3. The average Bonchev–Trinajstić information content (AvgIpc) is 3.56. The summed E-state index contributed by atoms with van der Waals surface area (Å²) in [6, 6.07) is 32.2. The highest BCUT2D eigenvalue weighted by Crippen LogP contribution is 2.26. The lowest BCUT2D eigenvalue weighted by atomic mass is 9.99. The van der Waals surface area contributed by atoms with Gasteiger partial charge in [-0.2, -0.15) is 0 Å². The number of carbonyl (C=O) groups is 5. The van der Waals surface area contributed by atoms with E-state index in [1.165, 1.54) is 0 Å². The van der Waals surface area contributed by atoms with Gasteiger partial charge in [0.1, 0.15) is 18.1 Å². The Hall–Kier alpha value is -5.57. The van der Waals surface area contributed by atoms with Crippen LogP contribution in [0.5, 0.6) is 0 Å². The summed E-state index contributed by atoms with van der Waals surface area (Å²) in [5.74, 6) is -3.30. The number of nitrogens with one attached hydrogen (secondary N) is 4. The van der Waals surface area contributed by atoms with Gasteiger partial charge in [0.25, 0.3) is 5.91 Å². The topological polar surface area (TPSA) is 133 Å². The van der Waals surface area contributed by atoms with Crippen LogP contribution in [0.3, 0.4) is 0 Å². The molecule has 1 aliphatic rings. The highest BCUT2D eigenvalue weighted by molar-refractivity contribution is 6.38. The number of ketones is 1. The molecule has 4 N–H and O–H groups in total. The molecule has 3 atom stereocenters. The fourth-order valence-electron chi connectivity index (χ4n) is 5.85. The summed E-state index contributed by atoms with van der Waals surface area (Å²) >= 11 is 0. The van der Waals surface area contributed by atoms with E-state index in [1.54, 1.807) is 6.92 Å². The molecule has 0 spiro atoms. The maximum atomic E-state index is 13.9. The van der Waals surface area contributed by atoms with Crippen molar-refractivity contribution in [3.8, 4) is 0 Å². The van der Waals surface area contributed by atoms with E-state index in [-0.39, 0.29) is 31.2 Å². The molecule has 9 heteroatoms. The summed E-state index contributed by atoms with van der Waals surface area (Å²) in [6.45, 7) is 1.73. The van der Waals surface area contributed by atoms with Gasteiger partial charge < -0.3 is 21.3 Å². The molecule has 0 unspecified atom stereocenters. The molecule has 0 saturated carbocycles. The van der Waals surface area contributed by atoms with Crippen LogP contribution in [0.2, 0.25) is 0 Å². The summed E-state index contributed by atoms with van der Waals surface area (Å²) in [6.07, 6.45) is 1.41. The number of hydrogen-bond acceptors (Lipinski definition) is 5. The average molecular weight is 645 g/mol. The van der Waals surface area contributed by atoms with Gasteiger partial charge in [0, 0.05) is 25.3 Å². The third-order valence-corrected chi connectivity index (χ3v) is 8.52. The van der Waals surface area contributed by atoms with Crippen LogP contribution < -0.4 is 21.3 Å². The van der Waals surface area contributed by atoms with Crippen molar-refractivity contribution in [1.29, 1.82) is 0 Å². The molecule has 4 aromatic carbocycles. The van der Waals surface area contributed by atoms with E-state index in [0.29, 0.717) is 12.8 Å². The largest absolute Gasteiger partial charge is 0.345 e. The first-order chi connectivity index (χ1) is 23.3. The van der Waals surface area contributed by atoms with Gasteiger partial charge >= 0.3 is 0 Å². The predicted octanol–water partition coefficient (Wildman–Crippen LogP) is 3.25. The molecule has 5 rings (SSSR count). The molecule has 0 aromatic heterocycles. The number of Topliss-reactive ketones (excluding diaryl/α,β-unsaturated/α-hetero) is 1. The molecule has 0 radical (unpaired) electrons. The van der Waals surface area contributed by atoms with Gasteiger partial charge in [-0.05, 0) is 47.6 Å². The van der Waals surface area contributed by atoms with Crippen molar-refractivity contribution in [2.24, 2.45) is 5.92 Å². The molecule has 246 valence electrons. The Kier molecular flexibility index (Phi) is 11.5. The van der Waals surface area contributed by atoms with E-state index in [9.17, 15) is 24.0 Å². The molecule has 48 heavy (non-hydrogen) atoms. The van der Waals surface area contributed by atoms with E-state index in [1.807, 2.05) is 115 Å². The molecule has 0 bridgehead atoms. The minimum absolute atomic E-state index is 0.0758. The molecule has 0 fully saturated rings. The summed E-state index contributed by atoms with van der Waals surface area (Å²) < 4.78 is 0. The predicted molar refractivity (Wildman–Crippen MR) is 182 cm³/mol. The van der Waals surface area contributed by atoms with Crippen molar-refractivity contribution < 1.29 is 24.0 Å². The Morgan fingerprint density at radius 3 is 1.58 bits per heavy atom. The van der Waals surface area contributed by atoms with Crippen LogP contribution in [0.25, 0.3) is 0 Å². The smallest absolute Gasteiger partial charge is 0.289 e. The summed E-state index contributed by atoms with van der Waals surface area (Å²) in [4.78, 5) is 66.9. The van der Waals surface area contributed by atoms with Crippen LogP contribution in [-0.4, -0.2) is 47.5 Å². The van der Waals surface area contributed by atoms with Crippen molar-refractivity contribution in [3.63, 3.8) is 0 Å². The summed E-state index contributed by atoms with van der Waals surface area (Å²) in [5, 5.41) is 11.0. The van der Waals surface area contributed by atoms with E-state index in [2.05, 4.69) is 21.3 Å². The fraction of sp³-hybridized carbons (Fsp3) is 0.256. The SMILES string of the molecule is C[C@H](NC(=O)C1Cc2ccccc2C1)C(=O)N[C@@H](Cc1ccccc1)C(=O)N[C@@H](Cc1ccccc1)C(=O)C(=O)NCc1ccccc1. The zero-order valence-electron chi connectivity index (χ0n) is 26.9. The first-order valence-corrected chi connectivity index (χ1v) is 16.2. The Labute approximate surface area is 280 Å². The number of carbonyl (C=O) groups excluding carboxylic acids is 5. The lowest BCUT2D eigenvalue weighted by Crippen LogP contribution is -2.57. The van der Waals surface area contributed by atoms with Crippen LogP contribution >= 0.6 is 0 Å². The van der Waals surface area contributed by atoms with Crippen molar-refractivity contribution in [1.82, 2.24) is 21.3 Å². The molecule has 4 amide bonds. The molecule has 9 nitrogen and oxygen atoms in total. The monoisotopic (exact) mass is 644 g/mol. The van der Waals surface area contributed by atoms with Crippen molar-refractivity contribution in [2.75, 3.05) is 0 Å². The summed E-state index contributed by atoms with van der Waals surface area (Å²) in [5.41, 5.74) is 4.61. The maximum Gasteiger partial charge on any atom is 0.289 e. The van der Waals surface area contributed by atoms with Gasteiger partial charge in [0.05, 0.1) is 0 Å². The lowest BCUT2D eigenvalue weighted by Gasteiger charge is -2.25. The van der Waals surface area contributed by atoms with Crippen LogP contribution in [0.1, 0.15) is 34.7 Å². The van der Waals surface area contributed by atoms with E-state index in [4.69, 9.17) is 0 Å². The molecule has 0 saturated heterocycles. The standard InChI is InChI=1S/C39H40N4O5/c1-26(41-37(46)32-23-30-19-11-12-20-31(30)24-32)36(45)43-34(22-28-15-7-3-8-16-28)38(47)42-33(21-27-13-5-2-6-14-27)35(44)39(48)40-25-29-17-9-4-10-18-29/h2-20,26,32-34H,21-25H2,1H3,(H,40,48)(H,41,46)(H,42,47)(H,43,45)/t26-,33-,34-/m0/s1. The Morgan fingerprint density at radius 2 is 1.04 bits per heavy atom. The molecule has 1 aliphatic carbocycles. The third kappa shape index (κ3) is 9.25. The second-order valence-corrected chi connectivity index (χ2v) is 12.1. The maximum absolute atomic E-state index is 13.9. The molecule has 4 aromatic rings. The number of rotatable bonds is 14. The zero-order chi connectivity index (χ0) is 33.9. The van der Waals surface area contributed by atoms with E-state index >= 15 is 0 Å². The number of amides is 4. The number of hydrogen-bond donors (Lipinski definition) is 4. The molecule has 0 aliphatic heterocycles. The molecular formula is C39H40N4O5. The second-order valence-electron chi connectivity index (χ2n) is 12.1. The van der Waals surface area contributed by atoms with Gasteiger partial charge in [-0.15, -0.1) is 0 Å². The van der Waals surface area contributed by atoms with Crippen molar-refractivity contribution in [3.05, 3.63) is 143 Å². The molecular weight excluding hydrogens is 604 g/mol. The minimum atomic E-state index is -1.19. The van der Waals surface area contributed by atoms with E-state index < -0.39 is 41.6 Å². The Bertz CT molecular complexity index is 1700. The molecule has 0 heterocycles. The van der Waals surface area contributed by atoms with Crippen molar-refractivity contribution in [2.45, 2.75) is 57.3 Å². The number of fused-ring (bicyclic) bond motifs is 1. The Morgan fingerprint density at radius 1 is 0.583 bits per heavy atom. The van der Waals surface area contributed by atoms with Gasteiger partial charge in [0.2, 0.25) is 23.5 Å². The lowest BCUT2D eigenvalue weighted by molar-refractivity contribution is -0.140. The summed E-state index contributed by atoms with van der Waals surface area (Å²) in [7, 11) is 0. The zero-order valence-corrected chi connectivity index (χ0v) is 26.9. The quantitative estimate of drug-likeness (QED) is 0.157. The number of benzene rings is 4. The normalized spacial score (nSPS) is 14.1. The highest BCUT2D eigenvalue weighted by atomic mass is 16.2. The first-order valence-electron chi connectivity index (χ1n) is 16.2. The van der Waals surface area contributed by atoms with Crippen LogP contribution in [0.4, 0.5) is 0 Å². The first kappa shape index (κ1) is 33.8. The minimum Gasteiger partial charge on any atom is -0.345 e. The van der Waals surface area contributed by atoms with Gasteiger partial charge in [-0.25, -0.2) is 0 Å².